The van der Waals surface area contributed by atoms with E-state index in [1.165, 1.54) is 4.90 Å². The van der Waals surface area contributed by atoms with Gasteiger partial charge in [0.15, 0.2) is 11.5 Å². The fraction of sp³-hybridized carbons (Fsp3) is 0.609. The van der Waals surface area contributed by atoms with E-state index < -0.39 is 11.6 Å². The van der Waals surface area contributed by atoms with Crippen molar-refractivity contribution < 1.29 is 23.9 Å². The Kier molecular flexibility index (Phi) is 6.77. The van der Waals surface area contributed by atoms with E-state index in [4.69, 9.17) is 9.47 Å². The van der Waals surface area contributed by atoms with E-state index in [9.17, 15) is 14.4 Å². The highest BCUT2D eigenvalue weighted by Crippen LogP contribution is 2.39. The predicted molar refractivity (Wildman–Crippen MR) is 116 cm³/mol. The van der Waals surface area contributed by atoms with E-state index in [1.807, 2.05) is 39.0 Å². The summed E-state index contributed by atoms with van der Waals surface area (Å²) in [6.07, 6.45) is 4.23. The van der Waals surface area contributed by atoms with Crippen LogP contribution in [0.1, 0.15) is 64.5 Å². The number of carbonyl (C=O) groups is 3. The first-order valence-corrected chi connectivity index (χ1v) is 10.9. The molecule has 1 atom stereocenters. The molecule has 2 fully saturated rings. The minimum Gasteiger partial charge on any atom is -0.493 e. The summed E-state index contributed by atoms with van der Waals surface area (Å²) >= 11 is 0. The van der Waals surface area contributed by atoms with Crippen molar-refractivity contribution in [3.8, 4) is 11.5 Å². The molecule has 1 aromatic rings. The van der Waals surface area contributed by atoms with E-state index in [1.54, 1.807) is 14.2 Å². The molecule has 1 aliphatic heterocycles. The van der Waals surface area contributed by atoms with Gasteiger partial charge in [0.25, 0.3) is 5.91 Å². The number of nitrogens with zero attached hydrogens (tertiary/aromatic N) is 2. The normalized spacial score (nSPS) is 19.2. The van der Waals surface area contributed by atoms with Crippen molar-refractivity contribution in [2.75, 3.05) is 20.7 Å². The van der Waals surface area contributed by atoms with Crippen LogP contribution in [-0.2, 0) is 9.59 Å². The molecule has 1 aromatic carbocycles. The second kappa shape index (κ2) is 9.16. The van der Waals surface area contributed by atoms with Crippen LogP contribution in [0.15, 0.2) is 18.2 Å². The van der Waals surface area contributed by atoms with Crippen LogP contribution in [0.2, 0.25) is 0 Å². The van der Waals surface area contributed by atoms with Gasteiger partial charge in [-0.05, 0) is 51.3 Å². The molecule has 1 unspecified atom stereocenters. The first-order chi connectivity index (χ1) is 14.7. The van der Waals surface area contributed by atoms with Crippen LogP contribution >= 0.6 is 0 Å². The molecule has 0 aromatic heterocycles. The lowest BCUT2D eigenvalue weighted by Gasteiger charge is -2.35. The van der Waals surface area contributed by atoms with Gasteiger partial charge < -0.3 is 19.7 Å². The summed E-state index contributed by atoms with van der Waals surface area (Å²) < 4.78 is 11.1. The van der Waals surface area contributed by atoms with Crippen molar-refractivity contribution in [3.05, 3.63) is 23.8 Å². The third kappa shape index (κ3) is 4.48. The minimum absolute atomic E-state index is 0.0120. The van der Waals surface area contributed by atoms with Crippen LogP contribution in [0, 0.1) is 0 Å². The number of hydrogen-bond acceptors (Lipinski definition) is 5. The first-order valence-electron chi connectivity index (χ1n) is 10.9. The Morgan fingerprint density at radius 1 is 1.13 bits per heavy atom. The predicted octanol–water partition coefficient (Wildman–Crippen LogP) is 3.26. The number of carbonyl (C=O) groups excluding carboxylic acids is 3. The number of benzene rings is 1. The Balaban J connectivity index is 1.66. The fourth-order valence-electron chi connectivity index (χ4n) is 4.49. The van der Waals surface area contributed by atoms with Gasteiger partial charge in [-0.1, -0.05) is 25.3 Å². The molecule has 1 aliphatic carbocycles. The van der Waals surface area contributed by atoms with Crippen LogP contribution in [0.25, 0.3) is 0 Å². The van der Waals surface area contributed by atoms with Crippen molar-refractivity contribution in [2.45, 2.75) is 70.6 Å². The Morgan fingerprint density at radius 2 is 1.81 bits per heavy atom. The number of amides is 4. The third-order valence-electron chi connectivity index (χ3n) is 6.21. The molecule has 0 bridgehead atoms. The second-order valence-electron chi connectivity index (χ2n) is 8.69. The van der Waals surface area contributed by atoms with Gasteiger partial charge in [-0.25, -0.2) is 4.79 Å². The summed E-state index contributed by atoms with van der Waals surface area (Å²) in [5.41, 5.74) is 0.0575. The number of ether oxygens (including phenoxy) is 2. The van der Waals surface area contributed by atoms with Crippen molar-refractivity contribution in [3.63, 3.8) is 0 Å². The molecule has 8 nitrogen and oxygen atoms in total. The SMILES string of the molecule is COc1cc(C(C)NC(=O)CN2C(=O)N(C)C3(CCCCC3)C2=O)ccc1OC(C)C. The first kappa shape index (κ1) is 22.9. The van der Waals surface area contributed by atoms with Gasteiger partial charge in [0.05, 0.1) is 19.3 Å². The zero-order valence-corrected chi connectivity index (χ0v) is 19.1. The molecule has 0 radical (unpaired) electrons. The number of likely N-dealkylation sites (N-methyl/N-ethyl adjacent to an activating group) is 1. The number of methoxy groups -OCH3 is 1. The molecule has 1 saturated heterocycles. The molecule has 1 heterocycles. The molecule has 3 rings (SSSR count). The molecule has 2 aliphatic rings. The highest BCUT2D eigenvalue weighted by molar-refractivity contribution is 6.08. The molecular formula is C23H33N3O5. The van der Waals surface area contributed by atoms with Gasteiger partial charge >= 0.3 is 6.03 Å². The summed E-state index contributed by atoms with van der Waals surface area (Å²) in [7, 11) is 3.23. The summed E-state index contributed by atoms with van der Waals surface area (Å²) in [6.45, 7) is 5.44. The van der Waals surface area contributed by atoms with Gasteiger partial charge in [0, 0.05) is 7.05 Å². The molecule has 31 heavy (non-hydrogen) atoms. The highest BCUT2D eigenvalue weighted by Gasteiger charge is 2.55. The summed E-state index contributed by atoms with van der Waals surface area (Å²) in [5.74, 6) is 0.586. The van der Waals surface area contributed by atoms with Gasteiger partial charge in [0.2, 0.25) is 5.91 Å². The van der Waals surface area contributed by atoms with Crippen LogP contribution in [-0.4, -0.2) is 60.0 Å². The quantitative estimate of drug-likeness (QED) is 0.670. The topological polar surface area (TPSA) is 88.2 Å². The lowest BCUT2D eigenvalue weighted by Crippen LogP contribution is -2.49. The van der Waals surface area contributed by atoms with Crippen LogP contribution in [0.5, 0.6) is 11.5 Å². The number of nitrogens with one attached hydrogen (secondary N) is 1. The van der Waals surface area contributed by atoms with Gasteiger partial charge in [0.1, 0.15) is 12.1 Å². The Morgan fingerprint density at radius 3 is 2.42 bits per heavy atom. The van der Waals surface area contributed by atoms with E-state index in [-0.39, 0.29) is 30.5 Å². The Labute approximate surface area is 183 Å². The van der Waals surface area contributed by atoms with Crippen molar-refractivity contribution in [2.24, 2.45) is 0 Å². The number of urea groups is 1. The average molecular weight is 432 g/mol. The maximum atomic E-state index is 13.1. The average Bonchev–Trinajstić information content (AvgIpc) is 2.90. The third-order valence-corrected chi connectivity index (χ3v) is 6.21. The lowest BCUT2D eigenvalue weighted by atomic mass is 9.81. The zero-order chi connectivity index (χ0) is 22.8. The summed E-state index contributed by atoms with van der Waals surface area (Å²) in [4.78, 5) is 41.1. The number of imide groups is 1. The second-order valence-corrected chi connectivity index (χ2v) is 8.69. The number of rotatable bonds is 7. The van der Waals surface area contributed by atoms with Crippen LogP contribution < -0.4 is 14.8 Å². The molecule has 1 saturated carbocycles. The smallest absolute Gasteiger partial charge is 0.327 e. The highest BCUT2D eigenvalue weighted by atomic mass is 16.5. The number of hydrogen-bond donors (Lipinski definition) is 1. The van der Waals surface area contributed by atoms with Gasteiger partial charge in [-0.3, -0.25) is 14.5 Å². The van der Waals surface area contributed by atoms with Crippen LogP contribution in [0.4, 0.5) is 4.79 Å². The van der Waals surface area contributed by atoms with Gasteiger partial charge in [-0.2, -0.15) is 0 Å². The Bertz CT molecular complexity index is 848. The fourth-order valence-corrected chi connectivity index (χ4v) is 4.49. The van der Waals surface area contributed by atoms with E-state index in [0.29, 0.717) is 24.3 Å². The standard InChI is InChI=1S/C23H33N3O5/c1-15(2)31-18-10-9-17(13-19(18)30-5)16(3)24-20(27)14-26-21(28)23(25(4)22(26)29)11-7-6-8-12-23/h9-10,13,15-16H,6-8,11-12,14H2,1-5H3,(H,24,27). The van der Waals surface area contributed by atoms with Gasteiger partial charge in [-0.15, -0.1) is 0 Å². The molecule has 1 N–H and O–H groups in total. The molecule has 8 heteroatoms. The summed E-state index contributed by atoms with van der Waals surface area (Å²) in [6, 6.07) is 4.77. The molecular weight excluding hydrogens is 398 g/mol. The lowest BCUT2D eigenvalue weighted by molar-refractivity contribution is -0.137. The van der Waals surface area contributed by atoms with E-state index in [0.717, 1.165) is 29.7 Å². The molecule has 4 amide bonds. The van der Waals surface area contributed by atoms with Crippen LogP contribution in [0.3, 0.4) is 0 Å². The maximum absolute atomic E-state index is 13.1. The molecule has 170 valence electrons. The van der Waals surface area contributed by atoms with E-state index in [2.05, 4.69) is 5.32 Å². The summed E-state index contributed by atoms with van der Waals surface area (Å²) in [5, 5.41) is 2.88. The molecule has 1 spiro atoms. The van der Waals surface area contributed by atoms with E-state index >= 15 is 0 Å². The monoisotopic (exact) mass is 431 g/mol. The zero-order valence-electron chi connectivity index (χ0n) is 19.1. The minimum atomic E-state index is -0.777. The maximum Gasteiger partial charge on any atom is 0.327 e. The van der Waals surface area contributed by atoms with Crippen molar-refractivity contribution in [1.82, 2.24) is 15.1 Å². The van der Waals surface area contributed by atoms with Crippen molar-refractivity contribution in [1.29, 1.82) is 0 Å². The largest absolute Gasteiger partial charge is 0.493 e. The van der Waals surface area contributed by atoms with Crippen molar-refractivity contribution >= 4 is 17.8 Å². The Hall–Kier alpha value is -2.77.